The van der Waals surface area contributed by atoms with Crippen LogP contribution in [0.3, 0.4) is 0 Å². The summed E-state index contributed by atoms with van der Waals surface area (Å²) in [5.74, 6) is -0.490. The maximum Gasteiger partial charge on any atom is 0.315 e. The van der Waals surface area contributed by atoms with Crippen molar-refractivity contribution in [1.82, 2.24) is 10.6 Å². The molecule has 0 aromatic carbocycles. The van der Waals surface area contributed by atoms with Crippen molar-refractivity contribution in [1.29, 1.82) is 0 Å². The van der Waals surface area contributed by atoms with Crippen LogP contribution in [-0.4, -0.2) is 18.0 Å². The van der Waals surface area contributed by atoms with Crippen LogP contribution >= 0.6 is 11.3 Å². The molecule has 0 aliphatic rings. The summed E-state index contributed by atoms with van der Waals surface area (Å²) < 4.78 is 0. The minimum Gasteiger partial charge on any atom is -0.368 e. The Morgan fingerprint density at radius 1 is 1.42 bits per heavy atom. The third-order valence-electron chi connectivity index (χ3n) is 2.71. The van der Waals surface area contributed by atoms with E-state index in [1.54, 1.807) is 11.3 Å². The van der Waals surface area contributed by atoms with Crippen LogP contribution in [0.1, 0.15) is 35.9 Å². The highest BCUT2D eigenvalue weighted by atomic mass is 32.1. The van der Waals surface area contributed by atoms with E-state index in [9.17, 15) is 9.59 Å². The zero-order chi connectivity index (χ0) is 14.3. The Labute approximate surface area is 117 Å². The average Bonchev–Trinajstić information content (AvgIpc) is 2.77. The van der Waals surface area contributed by atoms with Gasteiger partial charge in [-0.1, -0.05) is 19.8 Å². The minimum absolute atomic E-state index is 0.356. The molecule has 106 valence electrons. The number of carbonyl (C=O) groups is 2. The maximum absolute atomic E-state index is 11.7. The lowest BCUT2D eigenvalue weighted by Crippen LogP contribution is -2.48. The van der Waals surface area contributed by atoms with Gasteiger partial charge >= 0.3 is 6.03 Å². The SMILES string of the molecule is CCCC[C@@H](NC(=O)NCc1ccc(C)s1)C(N)=O. The van der Waals surface area contributed by atoms with E-state index >= 15 is 0 Å². The van der Waals surface area contributed by atoms with Crippen molar-refractivity contribution >= 4 is 23.3 Å². The summed E-state index contributed by atoms with van der Waals surface area (Å²) in [4.78, 5) is 25.2. The summed E-state index contributed by atoms with van der Waals surface area (Å²) in [5, 5.41) is 5.34. The Kier molecular flexibility index (Phi) is 6.35. The molecule has 3 amide bonds. The van der Waals surface area contributed by atoms with Crippen molar-refractivity contribution in [3.05, 3.63) is 21.9 Å². The number of unbranched alkanes of at least 4 members (excludes halogenated alkanes) is 1. The number of thiophene rings is 1. The molecule has 6 heteroatoms. The van der Waals surface area contributed by atoms with Crippen molar-refractivity contribution in [2.75, 3.05) is 0 Å². The number of carbonyl (C=O) groups excluding carboxylic acids is 2. The van der Waals surface area contributed by atoms with E-state index in [1.165, 1.54) is 4.88 Å². The van der Waals surface area contributed by atoms with Crippen molar-refractivity contribution in [2.24, 2.45) is 5.73 Å². The quantitative estimate of drug-likeness (QED) is 0.714. The Morgan fingerprint density at radius 2 is 2.16 bits per heavy atom. The van der Waals surface area contributed by atoms with E-state index < -0.39 is 11.9 Å². The van der Waals surface area contributed by atoms with E-state index in [1.807, 2.05) is 26.0 Å². The fourth-order valence-corrected chi connectivity index (χ4v) is 2.48. The van der Waals surface area contributed by atoms with Crippen LogP contribution in [0.15, 0.2) is 12.1 Å². The lowest BCUT2D eigenvalue weighted by Gasteiger charge is -2.15. The first-order valence-corrected chi connectivity index (χ1v) is 7.23. The van der Waals surface area contributed by atoms with Crippen LogP contribution in [0.2, 0.25) is 0 Å². The molecule has 19 heavy (non-hydrogen) atoms. The molecule has 0 unspecified atom stereocenters. The molecule has 0 aliphatic heterocycles. The molecule has 1 heterocycles. The summed E-state index contributed by atoms with van der Waals surface area (Å²) in [6.45, 7) is 4.50. The molecular weight excluding hydrogens is 262 g/mol. The smallest absolute Gasteiger partial charge is 0.315 e. The molecular formula is C13H21N3O2S. The van der Waals surface area contributed by atoms with Crippen LogP contribution in [0.25, 0.3) is 0 Å². The highest BCUT2D eigenvalue weighted by Gasteiger charge is 2.16. The largest absolute Gasteiger partial charge is 0.368 e. The Bertz CT molecular complexity index is 431. The molecule has 0 bridgehead atoms. The van der Waals surface area contributed by atoms with Gasteiger partial charge < -0.3 is 16.4 Å². The summed E-state index contributed by atoms with van der Waals surface area (Å²) in [5.41, 5.74) is 5.26. The summed E-state index contributed by atoms with van der Waals surface area (Å²) >= 11 is 1.63. The average molecular weight is 283 g/mol. The molecule has 5 nitrogen and oxygen atoms in total. The molecule has 1 aromatic rings. The van der Waals surface area contributed by atoms with Crippen LogP contribution in [-0.2, 0) is 11.3 Å². The lowest BCUT2D eigenvalue weighted by molar-refractivity contribution is -0.119. The number of urea groups is 1. The molecule has 0 spiro atoms. The van der Waals surface area contributed by atoms with Gasteiger partial charge in [-0.3, -0.25) is 4.79 Å². The molecule has 0 fully saturated rings. The van der Waals surface area contributed by atoms with Crippen molar-refractivity contribution in [3.63, 3.8) is 0 Å². The molecule has 1 aromatic heterocycles. The van der Waals surface area contributed by atoms with Crippen LogP contribution < -0.4 is 16.4 Å². The number of aryl methyl sites for hydroxylation is 1. The maximum atomic E-state index is 11.7. The number of amides is 3. The van der Waals surface area contributed by atoms with Crippen LogP contribution in [0.5, 0.6) is 0 Å². The minimum atomic E-state index is -0.593. The Hall–Kier alpha value is -1.56. The van der Waals surface area contributed by atoms with Crippen LogP contribution in [0, 0.1) is 6.92 Å². The van der Waals surface area contributed by atoms with Crippen molar-refractivity contribution in [3.8, 4) is 0 Å². The van der Waals surface area contributed by atoms with Gasteiger partial charge in [-0.25, -0.2) is 4.79 Å². The van der Waals surface area contributed by atoms with Crippen molar-refractivity contribution in [2.45, 2.75) is 45.7 Å². The van der Waals surface area contributed by atoms with Gasteiger partial charge in [0.2, 0.25) is 5.91 Å². The number of nitrogens with one attached hydrogen (secondary N) is 2. The zero-order valence-corrected chi connectivity index (χ0v) is 12.2. The van der Waals surface area contributed by atoms with E-state index in [0.29, 0.717) is 13.0 Å². The van der Waals surface area contributed by atoms with Gasteiger partial charge in [0.15, 0.2) is 0 Å². The number of hydrogen-bond donors (Lipinski definition) is 3. The van der Waals surface area contributed by atoms with Crippen molar-refractivity contribution < 1.29 is 9.59 Å². The molecule has 0 aliphatic carbocycles. The van der Waals surface area contributed by atoms with E-state index in [-0.39, 0.29) is 6.03 Å². The molecule has 1 rings (SSSR count). The summed E-state index contributed by atoms with van der Waals surface area (Å²) in [6, 6.07) is 3.03. The molecule has 1 atom stereocenters. The standard InChI is InChI=1S/C13H21N3O2S/c1-3-4-5-11(12(14)17)16-13(18)15-8-10-7-6-9(2)19-10/h6-7,11H,3-5,8H2,1-2H3,(H2,14,17)(H2,15,16,18)/t11-/m1/s1. The third kappa shape index (κ3) is 5.74. The van der Waals surface area contributed by atoms with E-state index in [2.05, 4.69) is 10.6 Å². The first-order chi connectivity index (χ1) is 9.02. The first kappa shape index (κ1) is 15.5. The second kappa shape index (κ2) is 7.78. The van der Waals surface area contributed by atoms with E-state index in [0.717, 1.165) is 17.7 Å². The zero-order valence-electron chi connectivity index (χ0n) is 11.4. The predicted octanol–water partition coefficient (Wildman–Crippen LogP) is 1.90. The fraction of sp³-hybridized carbons (Fsp3) is 0.538. The molecule has 0 saturated carbocycles. The summed E-state index contributed by atoms with van der Waals surface area (Å²) in [7, 11) is 0. The summed E-state index contributed by atoms with van der Waals surface area (Å²) in [6.07, 6.45) is 2.40. The van der Waals surface area contributed by atoms with Gasteiger partial charge in [-0.15, -0.1) is 11.3 Å². The van der Waals surface area contributed by atoms with Crippen LogP contribution in [0.4, 0.5) is 4.79 Å². The number of nitrogens with two attached hydrogens (primary N) is 1. The monoisotopic (exact) mass is 283 g/mol. The fourth-order valence-electron chi connectivity index (χ4n) is 1.65. The number of primary amides is 1. The second-order valence-corrected chi connectivity index (χ2v) is 5.81. The number of rotatable bonds is 7. The van der Waals surface area contributed by atoms with Gasteiger partial charge in [0.25, 0.3) is 0 Å². The lowest BCUT2D eigenvalue weighted by atomic mass is 10.1. The highest BCUT2D eigenvalue weighted by molar-refractivity contribution is 7.11. The Balaban J connectivity index is 2.37. The topological polar surface area (TPSA) is 84.2 Å². The second-order valence-electron chi connectivity index (χ2n) is 4.44. The molecule has 0 saturated heterocycles. The Morgan fingerprint density at radius 3 is 2.68 bits per heavy atom. The van der Waals surface area contributed by atoms with E-state index in [4.69, 9.17) is 5.73 Å². The first-order valence-electron chi connectivity index (χ1n) is 6.42. The predicted molar refractivity (Wildman–Crippen MR) is 76.9 cm³/mol. The number of hydrogen-bond acceptors (Lipinski definition) is 3. The van der Waals surface area contributed by atoms with Gasteiger partial charge in [-0.05, 0) is 25.5 Å². The van der Waals surface area contributed by atoms with Gasteiger partial charge in [0.05, 0.1) is 6.54 Å². The van der Waals surface area contributed by atoms with Gasteiger partial charge in [0, 0.05) is 9.75 Å². The highest BCUT2D eigenvalue weighted by Crippen LogP contribution is 2.14. The van der Waals surface area contributed by atoms with Gasteiger partial charge in [-0.2, -0.15) is 0 Å². The van der Waals surface area contributed by atoms with Gasteiger partial charge in [0.1, 0.15) is 6.04 Å². The third-order valence-corrected chi connectivity index (χ3v) is 3.71. The normalized spacial score (nSPS) is 11.9. The molecule has 4 N–H and O–H groups in total. The molecule has 0 radical (unpaired) electrons.